The quantitative estimate of drug-likeness (QED) is 0.781. The van der Waals surface area contributed by atoms with Crippen LogP contribution in [0.1, 0.15) is 30.4 Å². The Labute approximate surface area is 129 Å². The molecule has 118 valence electrons. The highest BCUT2D eigenvalue weighted by Crippen LogP contribution is 2.16. The predicted octanol–water partition coefficient (Wildman–Crippen LogP) is 3.00. The highest BCUT2D eigenvalue weighted by molar-refractivity contribution is 5.33. The average Bonchev–Trinajstić information content (AvgIpc) is 2.48. The van der Waals surface area contributed by atoms with E-state index in [4.69, 9.17) is 4.74 Å². The summed E-state index contributed by atoms with van der Waals surface area (Å²) in [5.74, 6) is 1.82. The van der Waals surface area contributed by atoms with Crippen molar-refractivity contribution in [1.29, 1.82) is 0 Å². The standard InChI is InChI=1S/C18H30N2O/c1-15-7-8-18(12-16(15)2)21-11-5-10-20(3)14-17-6-4-9-19-13-17/h7-8,12,17,19H,4-6,9-11,13-14H2,1-3H3. The summed E-state index contributed by atoms with van der Waals surface area (Å²) in [5.41, 5.74) is 2.62. The number of hydrogen-bond acceptors (Lipinski definition) is 3. The van der Waals surface area contributed by atoms with Crippen LogP contribution in [0.5, 0.6) is 5.75 Å². The van der Waals surface area contributed by atoms with Crippen molar-refractivity contribution < 1.29 is 4.74 Å². The zero-order valence-corrected chi connectivity index (χ0v) is 13.8. The van der Waals surface area contributed by atoms with Crippen molar-refractivity contribution in [2.24, 2.45) is 5.92 Å². The molecule has 0 amide bonds. The minimum absolute atomic E-state index is 0.801. The van der Waals surface area contributed by atoms with Gasteiger partial charge in [-0.05, 0) is 82.4 Å². The van der Waals surface area contributed by atoms with Gasteiger partial charge in [-0.1, -0.05) is 6.07 Å². The topological polar surface area (TPSA) is 24.5 Å². The fraction of sp³-hybridized carbons (Fsp3) is 0.667. The largest absolute Gasteiger partial charge is 0.494 e. The maximum absolute atomic E-state index is 5.84. The highest BCUT2D eigenvalue weighted by atomic mass is 16.5. The fourth-order valence-corrected chi connectivity index (χ4v) is 2.94. The molecule has 2 rings (SSSR count). The van der Waals surface area contributed by atoms with Gasteiger partial charge in [-0.15, -0.1) is 0 Å². The van der Waals surface area contributed by atoms with Crippen LogP contribution >= 0.6 is 0 Å². The van der Waals surface area contributed by atoms with Crippen LogP contribution < -0.4 is 10.1 Å². The molecule has 1 heterocycles. The maximum atomic E-state index is 5.84. The summed E-state index contributed by atoms with van der Waals surface area (Å²) in [6.07, 6.45) is 3.79. The third-order valence-electron chi connectivity index (χ3n) is 4.40. The molecular formula is C18H30N2O. The minimum Gasteiger partial charge on any atom is -0.494 e. The molecule has 1 aliphatic heterocycles. The van der Waals surface area contributed by atoms with E-state index >= 15 is 0 Å². The van der Waals surface area contributed by atoms with Crippen LogP contribution in [0, 0.1) is 19.8 Å². The number of rotatable bonds is 7. The van der Waals surface area contributed by atoms with Crippen molar-refractivity contribution >= 4 is 0 Å². The predicted molar refractivity (Wildman–Crippen MR) is 89.1 cm³/mol. The molecule has 0 aliphatic carbocycles. The summed E-state index contributed by atoms with van der Waals surface area (Å²) in [4.78, 5) is 2.45. The van der Waals surface area contributed by atoms with Crippen molar-refractivity contribution in [3.8, 4) is 5.75 Å². The van der Waals surface area contributed by atoms with Gasteiger partial charge in [0.1, 0.15) is 5.75 Å². The van der Waals surface area contributed by atoms with Crippen LogP contribution in [0.3, 0.4) is 0 Å². The van der Waals surface area contributed by atoms with E-state index in [0.717, 1.165) is 31.2 Å². The van der Waals surface area contributed by atoms with E-state index in [-0.39, 0.29) is 0 Å². The summed E-state index contributed by atoms with van der Waals surface area (Å²) < 4.78 is 5.84. The molecule has 1 aromatic carbocycles. The van der Waals surface area contributed by atoms with E-state index < -0.39 is 0 Å². The monoisotopic (exact) mass is 290 g/mol. The highest BCUT2D eigenvalue weighted by Gasteiger charge is 2.14. The van der Waals surface area contributed by atoms with Crippen LogP contribution in [0.25, 0.3) is 0 Å². The summed E-state index contributed by atoms with van der Waals surface area (Å²) in [7, 11) is 2.23. The first kappa shape index (κ1) is 16.3. The second-order valence-electron chi connectivity index (χ2n) is 6.42. The Morgan fingerprint density at radius 3 is 2.86 bits per heavy atom. The van der Waals surface area contributed by atoms with Gasteiger partial charge in [-0.2, -0.15) is 0 Å². The van der Waals surface area contributed by atoms with Gasteiger partial charge in [0.2, 0.25) is 0 Å². The summed E-state index contributed by atoms with van der Waals surface area (Å²) in [5, 5.41) is 3.49. The van der Waals surface area contributed by atoms with Crippen molar-refractivity contribution in [3.63, 3.8) is 0 Å². The molecule has 0 saturated carbocycles. The second kappa shape index (κ2) is 8.40. The molecule has 1 N–H and O–H groups in total. The summed E-state index contributed by atoms with van der Waals surface area (Å²) >= 11 is 0. The van der Waals surface area contributed by atoms with E-state index in [9.17, 15) is 0 Å². The maximum Gasteiger partial charge on any atom is 0.119 e. The zero-order chi connectivity index (χ0) is 15.1. The zero-order valence-electron chi connectivity index (χ0n) is 13.8. The van der Waals surface area contributed by atoms with Crippen LogP contribution in [-0.4, -0.2) is 44.7 Å². The third-order valence-corrected chi connectivity index (χ3v) is 4.40. The summed E-state index contributed by atoms with van der Waals surface area (Å²) in [6.45, 7) is 9.77. The van der Waals surface area contributed by atoms with Crippen LogP contribution in [0.15, 0.2) is 18.2 Å². The molecule has 0 radical (unpaired) electrons. The van der Waals surface area contributed by atoms with Gasteiger partial charge in [-0.3, -0.25) is 0 Å². The molecule has 1 fully saturated rings. The number of ether oxygens (including phenoxy) is 1. The van der Waals surface area contributed by atoms with Crippen molar-refractivity contribution in [3.05, 3.63) is 29.3 Å². The van der Waals surface area contributed by atoms with Crippen LogP contribution in [0.2, 0.25) is 0 Å². The van der Waals surface area contributed by atoms with Crippen molar-refractivity contribution in [2.45, 2.75) is 33.1 Å². The molecule has 0 spiro atoms. The van der Waals surface area contributed by atoms with E-state index in [1.54, 1.807) is 0 Å². The number of piperidine rings is 1. The third kappa shape index (κ3) is 5.68. The second-order valence-corrected chi connectivity index (χ2v) is 6.42. The van der Waals surface area contributed by atoms with Gasteiger partial charge in [0, 0.05) is 13.1 Å². The molecule has 1 unspecified atom stereocenters. The smallest absolute Gasteiger partial charge is 0.119 e. The van der Waals surface area contributed by atoms with Gasteiger partial charge >= 0.3 is 0 Å². The van der Waals surface area contributed by atoms with E-state index in [1.807, 2.05) is 0 Å². The van der Waals surface area contributed by atoms with E-state index in [2.05, 4.69) is 49.3 Å². The lowest BCUT2D eigenvalue weighted by Crippen LogP contribution is -2.37. The molecule has 1 saturated heterocycles. The van der Waals surface area contributed by atoms with Crippen molar-refractivity contribution in [1.82, 2.24) is 10.2 Å². The Morgan fingerprint density at radius 2 is 2.14 bits per heavy atom. The summed E-state index contributed by atoms with van der Waals surface area (Å²) in [6, 6.07) is 6.33. The van der Waals surface area contributed by atoms with Crippen LogP contribution in [-0.2, 0) is 0 Å². The molecule has 1 aliphatic rings. The first-order chi connectivity index (χ1) is 10.1. The Balaban J connectivity index is 1.61. The molecule has 3 nitrogen and oxygen atoms in total. The average molecular weight is 290 g/mol. The van der Waals surface area contributed by atoms with Gasteiger partial charge in [-0.25, -0.2) is 0 Å². The van der Waals surface area contributed by atoms with E-state index in [0.29, 0.717) is 0 Å². The minimum atomic E-state index is 0.801. The lowest BCUT2D eigenvalue weighted by Gasteiger charge is -2.27. The molecule has 0 bridgehead atoms. The molecule has 0 aromatic heterocycles. The molecule has 3 heteroatoms. The van der Waals surface area contributed by atoms with Gasteiger partial charge in [0.05, 0.1) is 6.61 Å². The Kier molecular flexibility index (Phi) is 6.52. The Morgan fingerprint density at radius 1 is 1.29 bits per heavy atom. The Bertz CT molecular complexity index is 427. The first-order valence-electron chi connectivity index (χ1n) is 8.24. The Hall–Kier alpha value is -1.06. The molecule has 1 atom stereocenters. The molecule has 21 heavy (non-hydrogen) atoms. The van der Waals surface area contributed by atoms with Crippen molar-refractivity contribution in [2.75, 3.05) is 39.8 Å². The van der Waals surface area contributed by atoms with Crippen LogP contribution in [0.4, 0.5) is 0 Å². The number of nitrogens with zero attached hydrogens (tertiary/aromatic N) is 1. The lowest BCUT2D eigenvalue weighted by atomic mass is 9.99. The van der Waals surface area contributed by atoms with Gasteiger partial charge in [0.25, 0.3) is 0 Å². The fourth-order valence-electron chi connectivity index (χ4n) is 2.94. The molecular weight excluding hydrogens is 260 g/mol. The number of hydrogen-bond donors (Lipinski definition) is 1. The van der Waals surface area contributed by atoms with Gasteiger partial charge < -0.3 is 15.0 Å². The van der Waals surface area contributed by atoms with E-state index in [1.165, 1.54) is 43.6 Å². The first-order valence-corrected chi connectivity index (χ1v) is 8.24. The molecule has 1 aromatic rings. The number of aryl methyl sites for hydroxylation is 2. The lowest BCUT2D eigenvalue weighted by molar-refractivity contribution is 0.220. The number of benzene rings is 1. The number of nitrogens with one attached hydrogen (secondary N) is 1. The SMILES string of the molecule is Cc1ccc(OCCCN(C)CC2CCCNC2)cc1C. The van der Waals surface area contributed by atoms with Gasteiger partial charge in [0.15, 0.2) is 0 Å². The normalized spacial score (nSPS) is 19.0.